The molecule has 2 heterocycles. The number of ether oxygens (including phenoxy) is 1. The van der Waals surface area contributed by atoms with E-state index in [4.69, 9.17) is 16.3 Å². The summed E-state index contributed by atoms with van der Waals surface area (Å²) < 4.78 is 5.78. The summed E-state index contributed by atoms with van der Waals surface area (Å²) in [5, 5.41) is 4.36. The van der Waals surface area contributed by atoms with Crippen LogP contribution in [0.15, 0.2) is 34.0 Å². The number of aryl methyl sites for hydroxylation is 1. The van der Waals surface area contributed by atoms with Gasteiger partial charge in [-0.1, -0.05) is 17.7 Å². The van der Waals surface area contributed by atoms with Crippen LogP contribution in [0.4, 0.5) is 5.69 Å². The SMILES string of the molecule is Cc1ccc2c(c1)N=C(Cl)c1cscc1O2. The van der Waals surface area contributed by atoms with Crippen LogP contribution in [0.2, 0.25) is 0 Å². The third-order valence-corrected chi connectivity index (χ3v) is 3.41. The number of halogens is 1. The summed E-state index contributed by atoms with van der Waals surface area (Å²) in [5.41, 5.74) is 2.78. The molecule has 1 aliphatic rings. The van der Waals surface area contributed by atoms with Gasteiger partial charge in [-0.25, -0.2) is 4.99 Å². The summed E-state index contributed by atoms with van der Waals surface area (Å²) in [6.45, 7) is 2.02. The third kappa shape index (κ3) is 1.52. The molecular formula is C12H8ClNOS. The minimum Gasteiger partial charge on any atom is -0.453 e. The summed E-state index contributed by atoms with van der Waals surface area (Å²) in [6, 6.07) is 5.89. The number of rotatable bonds is 0. The molecule has 0 amide bonds. The lowest BCUT2D eigenvalue weighted by Gasteiger charge is -2.05. The van der Waals surface area contributed by atoms with E-state index in [0.29, 0.717) is 5.17 Å². The Labute approximate surface area is 102 Å². The Balaban J connectivity index is 2.23. The molecular weight excluding hydrogens is 242 g/mol. The van der Waals surface area contributed by atoms with Crippen molar-refractivity contribution >= 4 is 33.8 Å². The Morgan fingerprint density at radius 1 is 1.25 bits per heavy atom. The summed E-state index contributed by atoms with van der Waals surface area (Å²) >= 11 is 7.71. The van der Waals surface area contributed by atoms with Crippen LogP contribution in [-0.2, 0) is 0 Å². The van der Waals surface area contributed by atoms with Crippen LogP contribution in [0.5, 0.6) is 11.5 Å². The van der Waals surface area contributed by atoms with E-state index in [2.05, 4.69) is 4.99 Å². The lowest BCUT2D eigenvalue weighted by Crippen LogP contribution is -1.87. The van der Waals surface area contributed by atoms with Crippen molar-refractivity contribution in [3.05, 3.63) is 40.1 Å². The van der Waals surface area contributed by atoms with Crippen molar-refractivity contribution in [2.24, 2.45) is 4.99 Å². The number of hydrogen-bond acceptors (Lipinski definition) is 3. The molecule has 80 valence electrons. The number of fused-ring (bicyclic) bond motifs is 2. The smallest absolute Gasteiger partial charge is 0.153 e. The van der Waals surface area contributed by atoms with Gasteiger partial charge in [0.25, 0.3) is 0 Å². The molecule has 0 unspecified atom stereocenters. The topological polar surface area (TPSA) is 21.6 Å². The van der Waals surface area contributed by atoms with Crippen molar-refractivity contribution in [2.45, 2.75) is 6.92 Å². The summed E-state index contributed by atoms with van der Waals surface area (Å²) in [5.74, 6) is 1.53. The van der Waals surface area contributed by atoms with E-state index >= 15 is 0 Å². The molecule has 4 heteroatoms. The maximum absolute atomic E-state index is 6.15. The molecule has 2 aromatic rings. The molecule has 0 saturated heterocycles. The van der Waals surface area contributed by atoms with Gasteiger partial charge in [-0.3, -0.25) is 0 Å². The standard InChI is InChI=1S/C12H8ClNOS/c1-7-2-3-10-9(4-7)14-12(13)8-5-16-6-11(8)15-10/h2-6H,1H3. The Bertz CT molecular complexity index is 588. The van der Waals surface area contributed by atoms with E-state index in [1.165, 1.54) is 0 Å². The molecule has 0 N–H and O–H groups in total. The molecule has 0 spiro atoms. The molecule has 1 aromatic heterocycles. The van der Waals surface area contributed by atoms with E-state index < -0.39 is 0 Å². The Hall–Kier alpha value is -1.32. The van der Waals surface area contributed by atoms with Crippen molar-refractivity contribution in [3.63, 3.8) is 0 Å². The normalized spacial score (nSPS) is 13.2. The minimum atomic E-state index is 0.487. The Morgan fingerprint density at radius 3 is 3.00 bits per heavy atom. The lowest BCUT2D eigenvalue weighted by molar-refractivity contribution is 0.487. The van der Waals surface area contributed by atoms with Gasteiger partial charge < -0.3 is 4.74 Å². The molecule has 3 rings (SSSR count). The van der Waals surface area contributed by atoms with Gasteiger partial charge in [-0.15, -0.1) is 11.3 Å². The van der Waals surface area contributed by atoms with Crippen LogP contribution in [0, 0.1) is 6.92 Å². The van der Waals surface area contributed by atoms with E-state index in [9.17, 15) is 0 Å². The zero-order chi connectivity index (χ0) is 11.1. The maximum Gasteiger partial charge on any atom is 0.153 e. The monoisotopic (exact) mass is 249 g/mol. The Morgan fingerprint density at radius 2 is 2.12 bits per heavy atom. The van der Waals surface area contributed by atoms with Crippen LogP contribution < -0.4 is 4.74 Å². The van der Waals surface area contributed by atoms with Crippen molar-refractivity contribution in [2.75, 3.05) is 0 Å². The van der Waals surface area contributed by atoms with Gasteiger partial charge in [0, 0.05) is 10.8 Å². The van der Waals surface area contributed by atoms with E-state index in [0.717, 1.165) is 28.3 Å². The van der Waals surface area contributed by atoms with Gasteiger partial charge in [0.15, 0.2) is 5.75 Å². The fraction of sp³-hybridized carbons (Fsp3) is 0.0833. The second kappa shape index (κ2) is 3.61. The van der Waals surface area contributed by atoms with Gasteiger partial charge in [-0.2, -0.15) is 0 Å². The second-order valence-electron chi connectivity index (χ2n) is 3.63. The minimum absolute atomic E-state index is 0.487. The summed E-state index contributed by atoms with van der Waals surface area (Å²) in [6.07, 6.45) is 0. The molecule has 2 nitrogen and oxygen atoms in total. The predicted octanol–water partition coefficient (Wildman–Crippen LogP) is 4.48. The highest BCUT2D eigenvalue weighted by atomic mass is 35.5. The van der Waals surface area contributed by atoms with Gasteiger partial charge in [0.05, 0.1) is 5.56 Å². The number of benzene rings is 1. The van der Waals surface area contributed by atoms with E-state index in [1.54, 1.807) is 11.3 Å². The fourth-order valence-corrected chi connectivity index (χ4v) is 2.63. The summed E-state index contributed by atoms with van der Waals surface area (Å²) in [4.78, 5) is 4.38. The van der Waals surface area contributed by atoms with Crippen molar-refractivity contribution < 1.29 is 4.74 Å². The highest BCUT2D eigenvalue weighted by molar-refractivity contribution is 7.08. The molecule has 1 aromatic carbocycles. The highest BCUT2D eigenvalue weighted by Crippen LogP contribution is 2.40. The zero-order valence-electron chi connectivity index (χ0n) is 8.53. The second-order valence-corrected chi connectivity index (χ2v) is 4.73. The van der Waals surface area contributed by atoms with Crippen LogP contribution in [0.1, 0.15) is 11.1 Å². The predicted molar refractivity (Wildman–Crippen MR) is 67.6 cm³/mol. The molecule has 0 fully saturated rings. The average Bonchev–Trinajstić information content (AvgIpc) is 2.65. The first kappa shape index (κ1) is 9.87. The largest absolute Gasteiger partial charge is 0.453 e. The zero-order valence-corrected chi connectivity index (χ0v) is 10.1. The van der Waals surface area contributed by atoms with Crippen molar-refractivity contribution in [1.29, 1.82) is 0 Å². The lowest BCUT2D eigenvalue weighted by atomic mass is 10.2. The van der Waals surface area contributed by atoms with Crippen LogP contribution in [0.25, 0.3) is 0 Å². The molecule has 1 aliphatic heterocycles. The highest BCUT2D eigenvalue weighted by Gasteiger charge is 2.17. The van der Waals surface area contributed by atoms with Crippen LogP contribution in [0.3, 0.4) is 0 Å². The van der Waals surface area contributed by atoms with Gasteiger partial charge in [0.1, 0.15) is 16.6 Å². The molecule has 0 bridgehead atoms. The van der Waals surface area contributed by atoms with Gasteiger partial charge in [0.2, 0.25) is 0 Å². The molecule has 0 aliphatic carbocycles. The number of hydrogen-bond donors (Lipinski definition) is 0. The van der Waals surface area contributed by atoms with Crippen molar-refractivity contribution in [1.82, 2.24) is 0 Å². The fourth-order valence-electron chi connectivity index (χ4n) is 1.60. The molecule has 0 radical (unpaired) electrons. The first-order valence-electron chi connectivity index (χ1n) is 4.83. The third-order valence-electron chi connectivity index (χ3n) is 2.40. The Kier molecular flexibility index (Phi) is 2.23. The van der Waals surface area contributed by atoms with Gasteiger partial charge in [-0.05, 0) is 24.6 Å². The molecule has 0 saturated carbocycles. The number of nitrogens with zero attached hydrogens (tertiary/aromatic N) is 1. The van der Waals surface area contributed by atoms with Crippen molar-refractivity contribution in [3.8, 4) is 11.5 Å². The summed E-state index contributed by atoms with van der Waals surface area (Å²) in [7, 11) is 0. The number of aliphatic imine (C=N–C) groups is 1. The van der Waals surface area contributed by atoms with E-state index in [1.807, 2.05) is 35.9 Å². The average molecular weight is 250 g/mol. The molecule has 16 heavy (non-hydrogen) atoms. The quantitative estimate of drug-likeness (QED) is 0.675. The van der Waals surface area contributed by atoms with E-state index in [-0.39, 0.29) is 0 Å². The first-order valence-corrected chi connectivity index (χ1v) is 6.15. The van der Waals surface area contributed by atoms with Crippen LogP contribution in [-0.4, -0.2) is 5.17 Å². The van der Waals surface area contributed by atoms with Crippen LogP contribution >= 0.6 is 22.9 Å². The maximum atomic E-state index is 6.15. The van der Waals surface area contributed by atoms with Gasteiger partial charge >= 0.3 is 0 Å². The number of thiophene rings is 1. The molecule has 0 atom stereocenters. The first-order chi connectivity index (χ1) is 7.74.